The molecular formula is C12H18ClN3O3S. The Morgan fingerprint density at radius 2 is 2.20 bits per heavy atom. The summed E-state index contributed by atoms with van der Waals surface area (Å²) in [6.45, 7) is 0.0251. The van der Waals surface area contributed by atoms with E-state index in [1.165, 1.54) is 10.8 Å². The highest BCUT2D eigenvalue weighted by molar-refractivity contribution is 7.89. The van der Waals surface area contributed by atoms with E-state index >= 15 is 0 Å². The van der Waals surface area contributed by atoms with Crippen molar-refractivity contribution in [1.29, 1.82) is 0 Å². The van der Waals surface area contributed by atoms with Gasteiger partial charge in [-0.2, -0.15) is 0 Å². The molecule has 0 radical (unpaired) electrons. The Morgan fingerprint density at radius 1 is 1.50 bits per heavy atom. The monoisotopic (exact) mass is 319 g/mol. The normalized spacial score (nSPS) is 33.0. The number of aromatic nitrogens is 2. The van der Waals surface area contributed by atoms with E-state index in [2.05, 4.69) is 9.71 Å². The van der Waals surface area contributed by atoms with E-state index in [1.54, 1.807) is 7.05 Å². The zero-order valence-electron chi connectivity index (χ0n) is 11.2. The van der Waals surface area contributed by atoms with Crippen LogP contribution in [0.15, 0.2) is 11.2 Å². The van der Waals surface area contributed by atoms with Crippen molar-refractivity contribution in [3.05, 3.63) is 11.5 Å². The van der Waals surface area contributed by atoms with Crippen LogP contribution in [0.5, 0.6) is 0 Å². The predicted octanol–water partition coefficient (Wildman–Crippen LogP) is 0.759. The molecule has 2 saturated carbocycles. The molecular weight excluding hydrogens is 302 g/mol. The molecule has 112 valence electrons. The summed E-state index contributed by atoms with van der Waals surface area (Å²) in [5.41, 5.74) is 0. The standard InChI is InChI=1S/C12H18ClN3O3S/c1-16-5-10(14-12(16)13)20(18,19)15-11-8-3-2-7(4-8)9(11)6-17/h5,7-9,11,15,17H,2-4,6H2,1H3. The molecule has 8 heteroatoms. The Bertz CT molecular complexity index is 596. The Labute approximate surface area is 123 Å². The third kappa shape index (κ3) is 2.26. The van der Waals surface area contributed by atoms with Crippen LogP contribution in [0.25, 0.3) is 0 Å². The SMILES string of the molecule is Cn1cc(S(=O)(=O)NC2C3CCC(C3)C2CO)nc1Cl. The van der Waals surface area contributed by atoms with Crippen LogP contribution in [-0.2, 0) is 17.1 Å². The van der Waals surface area contributed by atoms with E-state index in [1.807, 2.05) is 0 Å². The number of nitrogens with one attached hydrogen (secondary N) is 1. The Balaban J connectivity index is 1.83. The topological polar surface area (TPSA) is 84.2 Å². The van der Waals surface area contributed by atoms with Crippen LogP contribution in [0.1, 0.15) is 19.3 Å². The van der Waals surface area contributed by atoms with Crippen molar-refractivity contribution in [2.24, 2.45) is 24.8 Å². The van der Waals surface area contributed by atoms with Gasteiger partial charge in [0.25, 0.3) is 10.0 Å². The lowest BCUT2D eigenvalue weighted by Crippen LogP contribution is -2.45. The van der Waals surface area contributed by atoms with Crippen LogP contribution in [0.3, 0.4) is 0 Å². The maximum absolute atomic E-state index is 12.4. The first-order chi connectivity index (χ1) is 9.42. The number of rotatable bonds is 4. The first kappa shape index (κ1) is 14.3. The van der Waals surface area contributed by atoms with Crippen LogP contribution >= 0.6 is 11.6 Å². The van der Waals surface area contributed by atoms with Crippen molar-refractivity contribution in [2.75, 3.05) is 6.61 Å². The number of fused-ring (bicyclic) bond motifs is 2. The molecule has 0 amide bonds. The second kappa shape index (κ2) is 4.98. The molecule has 1 heterocycles. The van der Waals surface area contributed by atoms with Gasteiger partial charge < -0.3 is 9.67 Å². The molecule has 20 heavy (non-hydrogen) atoms. The number of sulfonamides is 1. The predicted molar refractivity (Wildman–Crippen MR) is 73.7 cm³/mol. The van der Waals surface area contributed by atoms with Gasteiger partial charge >= 0.3 is 0 Å². The third-order valence-electron chi connectivity index (χ3n) is 4.66. The molecule has 4 atom stereocenters. The van der Waals surface area contributed by atoms with E-state index in [4.69, 9.17) is 11.6 Å². The average molecular weight is 320 g/mol. The summed E-state index contributed by atoms with van der Waals surface area (Å²) in [7, 11) is -2.05. The molecule has 2 N–H and O–H groups in total. The zero-order chi connectivity index (χ0) is 14.5. The third-order valence-corrected chi connectivity index (χ3v) is 6.34. The maximum Gasteiger partial charge on any atom is 0.259 e. The van der Waals surface area contributed by atoms with Crippen LogP contribution in [-0.4, -0.2) is 35.7 Å². The summed E-state index contributed by atoms with van der Waals surface area (Å²) in [4.78, 5) is 3.85. The van der Waals surface area contributed by atoms with Gasteiger partial charge in [0.05, 0.1) is 0 Å². The summed E-state index contributed by atoms with van der Waals surface area (Å²) in [6.07, 6.45) is 4.51. The molecule has 1 aromatic heterocycles. The van der Waals surface area contributed by atoms with Crippen molar-refractivity contribution in [2.45, 2.75) is 30.3 Å². The summed E-state index contributed by atoms with van der Waals surface area (Å²) in [5, 5.41) is 9.57. The largest absolute Gasteiger partial charge is 0.396 e. The molecule has 3 rings (SSSR count). The zero-order valence-corrected chi connectivity index (χ0v) is 12.7. The van der Waals surface area contributed by atoms with Gasteiger partial charge in [-0.05, 0) is 42.7 Å². The summed E-state index contributed by atoms with van der Waals surface area (Å²) < 4.78 is 28.9. The molecule has 0 aliphatic heterocycles. The lowest BCUT2D eigenvalue weighted by atomic mass is 9.86. The van der Waals surface area contributed by atoms with E-state index < -0.39 is 10.0 Å². The lowest BCUT2D eigenvalue weighted by Gasteiger charge is -2.29. The Hall–Kier alpha value is -0.630. The van der Waals surface area contributed by atoms with Gasteiger partial charge in [0.2, 0.25) is 5.28 Å². The number of hydrogen-bond acceptors (Lipinski definition) is 4. The number of aliphatic hydroxyl groups excluding tert-OH is 1. The van der Waals surface area contributed by atoms with Gasteiger partial charge in [-0.15, -0.1) is 0 Å². The first-order valence-corrected chi connectivity index (χ1v) is 8.60. The van der Waals surface area contributed by atoms with Crippen molar-refractivity contribution >= 4 is 21.6 Å². The minimum absolute atomic E-state index is 0.0164. The Kier molecular flexibility index (Phi) is 3.56. The summed E-state index contributed by atoms with van der Waals surface area (Å²) in [5.74, 6) is 0.777. The van der Waals surface area contributed by atoms with Crippen LogP contribution in [0.4, 0.5) is 0 Å². The molecule has 1 aromatic rings. The molecule has 0 spiro atoms. The number of hydrogen-bond donors (Lipinski definition) is 2. The van der Waals surface area contributed by atoms with Crippen molar-refractivity contribution in [3.8, 4) is 0 Å². The van der Waals surface area contributed by atoms with Crippen molar-refractivity contribution in [3.63, 3.8) is 0 Å². The highest BCUT2D eigenvalue weighted by atomic mass is 35.5. The molecule has 4 unspecified atom stereocenters. The number of aliphatic hydroxyl groups is 1. The molecule has 2 bridgehead atoms. The van der Waals surface area contributed by atoms with Gasteiger partial charge in [-0.3, -0.25) is 0 Å². The second-order valence-corrected chi connectivity index (χ2v) is 7.78. The fourth-order valence-electron chi connectivity index (χ4n) is 3.64. The molecule has 2 aliphatic rings. The van der Waals surface area contributed by atoms with Crippen molar-refractivity contribution < 1.29 is 13.5 Å². The van der Waals surface area contributed by atoms with Gasteiger partial charge in [0, 0.05) is 31.8 Å². The maximum atomic E-state index is 12.4. The van der Waals surface area contributed by atoms with Crippen LogP contribution in [0, 0.1) is 17.8 Å². The summed E-state index contributed by atoms with van der Waals surface area (Å²) >= 11 is 5.79. The second-order valence-electron chi connectivity index (χ2n) is 5.79. The lowest BCUT2D eigenvalue weighted by molar-refractivity contribution is 0.153. The fraction of sp³-hybridized carbons (Fsp3) is 0.750. The molecule has 2 aliphatic carbocycles. The first-order valence-electron chi connectivity index (χ1n) is 6.74. The minimum Gasteiger partial charge on any atom is -0.396 e. The van der Waals surface area contributed by atoms with Crippen molar-refractivity contribution in [1.82, 2.24) is 14.3 Å². The number of aryl methyl sites for hydroxylation is 1. The molecule has 0 aromatic carbocycles. The summed E-state index contributed by atoms with van der Waals surface area (Å²) in [6, 6.07) is -0.190. The van der Waals surface area contributed by atoms with Crippen LogP contribution in [0.2, 0.25) is 5.28 Å². The van der Waals surface area contributed by atoms with Gasteiger partial charge in [0.1, 0.15) is 0 Å². The smallest absolute Gasteiger partial charge is 0.259 e. The number of nitrogens with zero attached hydrogens (tertiary/aromatic N) is 2. The number of halogens is 1. The highest BCUT2D eigenvalue weighted by Crippen LogP contribution is 2.48. The molecule has 0 saturated heterocycles. The average Bonchev–Trinajstić information content (AvgIpc) is 3.05. The van der Waals surface area contributed by atoms with Gasteiger partial charge in [-0.25, -0.2) is 18.1 Å². The fourth-order valence-corrected chi connectivity index (χ4v) is 5.18. The highest BCUT2D eigenvalue weighted by Gasteiger charge is 2.48. The Morgan fingerprint density at radius 3 is 2.80 bits per heavy atom. The van der Waals surface area contributed by atoms with E-state index in [9.17, 15) is 13.5 Å². The molecule has 6 nitrogen and oxygen atoms in total. The van der Waals surface area contributed by atoms with Gasteiger partial charge in [-0.1, -0.05) is 0 Å². The van der Waals surface area contributed by atoms with E-state index in [0.29, 0.717) is 11.8 Å². The van der Waals surface area contributed by atoms with Crippen LogP contribution < -0.4 is 4.72 Å². The quantitative estimate of drug-likeness (QED) is 0.858. The molecule has 2 fully saturated rings. The van der Waals surface area contributed by atoms with E-state index in [-0.39, 0.29) is 28.9 Å². The number of imidazole rings is 1. The van der Waals surface area contributed by atoms with Gasteiger partial charge in [0.15, 0.2) is 5.03 Å². The van der Waals surface area contributed by atoms with E-state index in [0.717, 1.165) is 19.3 Å². The minimum atomic E-state index is -3.69.